The minimum Gasteiger partial charge on any atom is -0.497 e. The fourth-order valence-electron chi connectivity index (χ4n) is 6.12. The smallest absolute Gasteiger partial charge is 0.309 e. The molecule has 1 aromatic heterocycles. The number of methoxy groups -OCH3 is 1. The molecule has 5 nitrogen and oxygen atoms in total. The highest BCUT2D eigenvalue weighted by Crippen LogP contribution is 2.44. The van der Waals surface area contributed by atoms with E-state index in [1.165, 1.54) is 12.8 Å². The maximum absolute atomic E-state index is 13.3. The van der Waals surface area contributed by atoms with Crippen LogP contribution in [0.15, 0.2) is 43.1 Å². The van der Waals surface area contributed by atoms with Crippen molar-refractivity contribution in [2.45, 2.75) is 57.1 Å². The lowest BCUT2D eigenvalue weighted by Crippen LogP contribution is -2.55. The first-order valence-electron chi connectivity index (χ1n) is 12.2. The molecule has 5 heteroatoms. The Bertz CT molecular complexity index is 984. The summed E-state index contributed by atoms with van der Waals surface area (Å²) in [6.07, 6.45) is 11.3. The summed E-state index contributed by atoms with van der Waals surface area (Å²) in [6, 6.07) is 8.17. The van der Waals surface area contributed by atoms with Crippen molar-refractivity contribution < 1.29 is 14.3 Å². The van der Waals surface area contributed by atoms with E-state index < -0.39 is 0 Å². The number of piperidine rings is 3. The van der Waals surface area contributed by atoms with Crippen molar-refractivity contribution >= 4 is 16.9 Å². The fourth-order valence-corrected chi connectivity index (χ4v) is 6.12. The molecule has 1 aliphatic carbocycles. The molecule has 1 aromatic carbocycles. The predicted molar refractivity (Wildman–Crippen MR) is 125 cm³/mol. The number of ether oxygens (including phenoxy) is 2. The molecule has 2 bridgehead atoms. The van der Waals surface area contributed by atoms with Gasteiger partial charge in [0.1, 0.15) is 11.9 Å². The molecule has 32 heavy (non-hydrogen) atoms. The van der Waals surface area contributed by atoms with Crippen molar-refractivity contribution in [1.82, 2.24) is 9.88 Å². The first kappa shape index (κ1) is 21.4. The Morgan fingerprint density at radius 1 is 1.22 bits per heavy atom. The minimum absolute atomic E-state index is 0.0227. The van der Waals surface area contributed by atoms with E-state index in [9.17, 15) is 4.79 Å². The van der Waals surface area contributed by atoms with Crippen LogP contribution in [0.1, 0.15) is 56.6 Å². The quantitative estimate of drug-likeness (QED) is 0.456. The summed E-state index contributed by atoms with van der Waals surface area (Å²) in [5, 5.41) is 1.01. The molecule has 2 aromatic rings. The Labute approximate surface area is 190 Å². The van der Waals surface area contributed by atoms with Gasteiger partial charge < -0.3 is 9.47 Å². The lowest BCUT2D eigenvalue weighted by Gasteiger charge is -2.51. The van der Waals surface area contributed by atoms with E-state index in [0.717, 1.165) is 67.4 Å². The van der Waals surface area contributed by atoms with Crippen molar-refractivity contribution in [3.05, 3.63) is 48.7 Å². The van der Waals surface area contributed by atoms with Gasteiger partial charge in [-0.1, -0.05) is 25.3 Å². The molecule has 0 spiro atoms. The standard InChI is InChI=1S/C27H34N2O3/c1-3-18-17-29-14-12-20(18)15-25(29)26(32-27(30)19-7-5-4-6-8-19)22-11-13-28-24-10-9-21(31-2)16-23(22)24/h3,9-11,13,16,18-20,25-26H,1,4-8,12,14-15,17H2,2H3/t18?,20?,25?,26-/m0/s1. The highest BCUT2D eigenvalue weighted by atomic mass is 16.5. The molecule has 3 saturated heterocycles. The lowest BCUT2D eigenvalue weighted by molar-refractivity contribution is -0.163. The third-order valence-corrected chi connectivity index (χ3v) is 7.97. The Hall–Kier alpha value is -2.40. The van der Waals surface area contributed by atoms with Crippen LogP contribution >= 0.6 is 0 Å². The van der Waals surface area contributed by atoms with Crippen LogP contribution in [0.25, 0.3) is 10.9 Å². The molecule has 4 unspecified atom stereocenters. The molecular weight excluding hydrogens is 400 g/mol. The van der Waals surface area contributed by atoms with Gasteiger partial charge in [0, 0.05) is 23.7 Å². The van der Waals surface area contributed by atoms with Crippen LogP contribution < -0.4 is 4.74 Å². The highest BCUT2D eigenvalue weighted by molar-refractivity contribution is 5.84. The molecule has 3 aliphatic heterocycles. The Morgan fingerprint density at radius 3 is 2.78 bits per heavy atom. The number of aromatic nitrogens is 1. The summed E-state index contributed by atoms with van der Waals surface area (Å²) in [6.45, 7) is 6.13. The third kappa shape index (κ3) is 4.03. The Kier molecular flexibility index (Phi) is 6.18. The van der Waals surface area contributed by atoms with E-state index in [2.05, 4.69) is 22.5 Å². The third-order valence-electron chi connectivity index (χ3n) is 7.97. The number of pyridine rings is 1. The van der Waals surface area contributed by atoms with Crippen LogP contribution in [-0.2, 0) is 9.53 Å². The summed E-state index contributed by atoms with van der Waals surface area (Å²) in [7, 11) is 1.68. The number of rotatable bonds is 6. The summed E-state index contributed by atoms with van der Waals surface area (Å²) < 4.78 is 11.9. The van der Waals surface area contributed by atoms with Gasteiger partial charge in [-0.25, -0.2) is 0 Å². The first-order valence-corrected chi connectivity index (χ1v) is 12.2. The van der Waals surface area contributed by atoms with Crippen molar-refractivity contribution in [2.24, 2.45) is 17.8 Å². The number of hydrogen-bond acceptors (Lipinski definition) is 5. The number of carbonyl (C=O) groups excluding carboxylic acids is 1. The number of nitrogens with zero attached hydrogens (tertiary/aromatic N) is 2. The molecule has 4 fully saturated rings. The van der Waals surface area contributed by atoms with Crippen LogP contribution in [0.2, 0.25) is 0 Å². The largest absolute Gasteiger partial charge is 0.497 e. The van der Waals surface area contributed by atoms with Crippen LogP contribution in [0, 0.1) is 17.8 Å². The Morgan fingerprint density at radius 2 is 2.06 bits per heavy atom. The van der Waals surface area contributed by atoms with Gasteiger partial charge >= 0.3 is 5.97 Å². The summed E-state index contributed by atoms with van der Waals surface area (Å²) in [4.78, 5) is 20.4. The maximum atomic E-state index is 13.3. The molecule has 0 amide bonds. The number of esters is 1. The first-order chi connectivity index (χ1) is 15.7. The van der Waals surface area contributed by atoms with Crippen LogP contribution in [-0.4, -0.2) is 42.1 Å². The van der Waals surface area contributed by atoms with E-state index in [0.29, 0.717) is 11.8 Å². The molecule has 6 rings (SSSR count). The SMILES string of the molecule is C=CC1CN2CCC1CC2[C@@H](OC(=O)C1CCCCC1)c1ccnc2ccc(OC)cc12. The number of benzene rings is 1. The summed E-state index contributed by atoms with van der Waals surface area (Å²) in [5.41, 5.74) is 1.95. The number of fused-ring (bicyclic) bond motifs is 4. The second-order valence-corrected chi connectivity index (χ2v) is 9.72. The monoisotopic (exact) mass is 434 g/mol. The topological polar surface area (TPSA) is 51.7 Å². The van der Waals surface area contributed by atoms with Crippen molar-refractivity contribution in [3.63, 3.8) is 0 Å². The normalized spacial score (nSPS) is 28.9. The molecular formula is C27H34N2O3. The molecule has 170 valence electrons. The second-order valence-electron chi connectivity index (χ2n) is 9.72. The molecule has 4 heterocycles. The average molecular weight is 435 g/mol. The van der Waals surface area contributed by atoms with Crippen molar-refractivity contribution in [2.75, 3.05) is 20.2 Å². The lowest BCUT2D eigenvalue weighted by atomic mass is 9.73. The van der Waals surface area contributed by atoms with Crippen LogP contribution in [0.5, 0.6) is 5.75 Å². The van der Waals surface area contributed by atoms with E-state index in [1.54, 1.807) is 7.11 Å². The summed E-state index contributed by atoms with van der Waals surface area (Å²) >= 11 is 0. The second kappa shape index (κ2) is 9.22. The molecule has 0 N–H and O–H groups in total. The predicted octanol–water partition coefficient (Wildman–Crippen LogP) is 5.30. The van der Waals surface area contributed by atoms with Gasteiger partial charge in [0.15, 0.2) is 0 Å². The average Bonchev–Trinajstić information content (AvgIpc) is 2.87. The summed E-state index contributed by atoms with van der Waals surface area (Å²) in [5.74, 6) is 1.95. The van der Waals surface area contributed by atoms with Gasteiger partial charge in [0.2, 0.25) is 0 Å². The minimum atomic E-state index is -0.296. The maximum Gasteiger partial charge on any atom is 0.309 e. The van der Waals surface area contributed by atoms with Crippen molar-refractivity contribution in [3.8, 4) is 5.75 Å². The van der Waals surface area contributed by atoms with Crippen LogP contribution in [0.3, 0.4) is 0 Å². The van der Waals surface area contributed by atoms with Crippen molar-refractivity contribution in [1.29, 1.82) is 0 Å². The number of carbonyl (C=O) groups is 1. The zero-order valence-corrected chi connectivity index (χ0v) is 19.0. The van der Waals surface area contributed by atoms with Gasteiger partial charge in [-0.3, -0.25) is 14.7 Å². The van der Waals surface area contributed by atoms with Gasteiger partial charge in [-0.05, 0) is 68.3 Å². The zero-order valence-electron chi connectivity index (χ0n) is 19.0. The van der Waals surface area contributed by atoms with Gasteiger partial charge in [0.25, 0.3) is 0 Å². The molecule has 4 aliphatic rings. The molecule has 1 saturated carbocycles. The number of hydrogen-bond donors (Lipinski definition) is 0. The Balaban J connectivity index is 1.52. The van der Waals surface area contributed by atoms with Gasteiger partial charge in [0.05, 0.1) is 24.6 Å². The van der Waals surface area contributed by atoms with Gasteiger partial charge in [-0.2, -0.15) is 0 Å². The van der Waals surface area contributed by atoms with Gasteiger partial charge in [-0.15, -0.1) is 6.58 Å². The van der Waals surface area contributed by atoms with E-state index in [4.69, 9.17) is 9.47 Å². The van der Waals surface area contributed by atoms with E-state index in [-0.39, 0.29) is 24.0 Å². The van der Waals surface area contributed by atoms with E-state index in [1.807, 2.05) is 30.5 Å². The zero-order chi connectivity index (χ0) is 22.1. The fraction of sp³-hybridized carbons (Fsp3) is 0.556. The van der Waals surface area contributed by atoms with E-state index >= 15 is 0 Å². The highest BCUT2D eigenvalue weighted by Gasteiger charge is 2.44. The molecule has 5 atom stereocenters. The van der Waals surface area contributed by atoms with Crippen LogP contribution in [0.4, 0.5) is 0 Å². The molecule has 0 radical (unpaired) electrons.